The molecule has 60 valence electrons. The highest BCUT2D eigenvalue weighted by molar-refractivity contribution is 6.87. The lowest BCUT2D eigenvalue weighted by molar-refractivity contribution is 1.47. The Morgan fingerprint density at radius 2 is 1.73 bits per heavy atom. The van der Waals surface area contributed by atoms with E-state index in [9.17, 15) is 0 Å². The van der Waals surface area contributed by atoms with Crippen molar-refractivity contribution in [3.05, 3.63) is 29.8 Å². The van der Waals surface area contributed by atoms with Crippen molar-refractivity contribution >= 4 is 13.4 Å². The van der Waals surface area contributed by atoms with Gasteiger partial charge in [0.1, 0.15) is 8.24 Å². The van der Waals surface area contributed by atoms with Crippen molar-refractivity contribution in [2.24, 2.45) is 5.40 Å². The van der Waals surface area contributed by atoms with Crippen LogP contribution in [0.4, 0.5) is 0 Å². The summed E-state index contributed by atoms with van der Waals surface area (Å²) in [7, 11) is -1.58. The predicted molar refractivity (Wildman–Crippen MR) is 52.5 cm³/mol. The summed E-state index contributed by atoms with van der Waals surface area (Å²) < 4.78 is 0. The molecule has 2 heteroatoms. The van der Waals surface area contributed by atoms with Gasteiger partial charge in [0, 0.05) is 0 Å². The van der Waals surface area contributed by atoms with Crippen LogP contribution in [-0.2, 0) is 0 Å². The fourth-order valence-corrected chi connectivity index (χ4v) is 2.92. The Morgan fingerprint density at radius 1 is 1.18 bits per heavy atom. The Kier molecular flexibility index (Phi) is 2.16. The standard InChI is InChI=1S/C9H15NSi/c1-8-6-4-5-7-9(8)11(2,3)10/h4-7H,10H2,1-3H3. The minimum atomic E-state index is -1.58. The maximum Gasteiger partial charge on any atom is 0.149 e. The molecule has 1 aromatic carbocycles. The molecule has 0 bridgehead atoms. The van der Waals surface area contributed by atoms with Gasteiger partial charge in [0.05, 0.1) is 0 Å². The Bertz CT molecular complexity index is 250. The summed E-state index contributed by atoms with van der Waals surface area (Å²) in [6.45, 7) is 6.45. The van der Waals surface area contributed by atoms with Gasteiger partial charge in [-0.3, -0.25) is 0 Å². The molecule has 1 rings (SSSR count). The maximum absolute atomic E-state index is 6.10. The van der Waals surface area contributed by atoms with E-state index in [2.05, 4.69) is 44.3 Å². The van der Waals surface area contributed by atoms with Gasteiger partial charge in [0.2, 0.25) is 0 Å². The van der Waals surface area contributed by atoms with E-state index in [1.54, 1.807) is 0 Å². The van der Waals surface area contributed by atoms with E-state index < -0.39 is 8.24 Å². The van der Waals surface area contributed by atoms with Crippen molar-refractivity contribution in [3.63, 3.8) is 0 Å². The van der Waals surface area contributed by atoms with E-state index in [0.717, 1.165) is 0 Å². The van der Waals surface area contributed by atoms with Crippen LogP contribution in [-0.4, -0.2) is 8.24 Å². The summed E-state index contributed by atoms with van der Waals surface area (Å²) in [4.78, 5) is 0. The molecule has 1 nitrogen and oxygen atoms in total. The Labute approximate surface area is 69.3 Å². The summed E-state index contributed by atoms with van der Waals surface area (Å²) >= 11 is 0. The Hall–Kier alpha value is -0.603. The zero-order chi connectivity index (χ0) is 8.48. The number of hydrogen-bond acceptors (Lipinski definition) is 1. The lowest BCUT2D eigenvalue weighted by Crippen LogP contribution is -2.52. The molecule has 0 atom stereocenters. The molecule has 0 heterocycles. The van der Waals surface area contributed by atoms with E-state index in [4.69, 9.17) is 5.40 Å². The van der Waals surface area contributed by atoms with Crippen molar-refractivity contribution in [1.82, 2.24) is 0 Å². The Morgan fingerprint density at radius 3 is 2.09 bits per heavy atom. The summed E-state index contributed by atoms with van der Waals surface area (Å²) in [5, 5.41) is 7.46. The molecule has 0 aromatic heterocycles. The van der Waals surface area contributed by atoms with Crippen molar-refractivity contribution in [1.29, 1.82) is 0 Å². The topological polar surface area (TPSA) is 26.0 Å². The molecule has 2 N–H and O–H groups in total. The van der Waals surface area contributed by atoms with Crippen molar-refractivity contribution in [2.75, 3.05) is 0 Å². The quantitative estimate of drug-likeness (QED) is 0.625. The van der Waals surface area contributed by atoms with Crippen LogP contribution >= 0.6 is 0 Å². The maximum atomic E-state index is 6.10. The number of aryl methyl sites for hydroxylation is 1. The van der Waals surface area contributed by atoms with Crippen LogP contribution in [0.15, 0.2) is 24.3 Å². The molecule has 0 amide bonds. The van der Waals surface area contributed by atoms with Gasteiger partial charge in [-0.2, -0.15) is 0 Å². The fourth-order valence-electron chi connectivity index (χ4n) is 1.30. The summed E-state index contributed by atoms with van der Waals surface area (Å²) in [6.07, 6.45) is 0. The zero-order valence-electron chi connectivity index (χ0n) is 7.39. The van der Waals surface area contributed by atoms with Crippen molar-refractivity contribution in [2.45, 2.75) is 20.0 Å². The molecule has 0 aliphatic carbocycles. The minimum Gasteiger partial charge on any atom is -0.347 e. The van der Waals surface area contributed by atoms with Crippen LogP contribution in [0.2, 0.25) is 13.1 Å². The van der Waals surface area contributed by atoms with Crippen LogP contribution in [0.25, 0.3) is 0 Å². The first kappa shape index (κ1) is 8.49. The average molecular weight is 165 g/mol. The minimum absolute atomic E-state index is 1.33. The molecule has 0 aliphatic heterocycles. The van der Waals surface area contributed by atoms with Gasteiger partial charge in [0.15, 0.2) is 0 Å². The highest BCUT2D eigenvalue weighted by Gasteiger charge is 2.18. The van der Waals surface area contributed by atoms with Gasteiger partial charge < -0.3 is 5.40 Å². The predicted octanol–water partition coefficient (Wildman–Crippen LogP) is 1.37. The second-order valence-electron chi connectivity index (χ2n) is 3.54. The highest BCUT2D eigenvalue weighted by Crippen LogP contribution is 2.00. The van der Waals surface area contributed by atoms with E-state index in [1.165, 1.54) is 10.8 Å². The third-order valence-corrected chi connectivity index (χ3v) is 3.79. The summed E-state index contributed by atoms with van der Waals surface area (Å²) in [6, 6.07) is 8.38. The van der Waals surface area contributed by atoms with E-state index in [1.807, 2.05) is 0 Å². The number of benzene rings is 1. The van der Waals surface area contributed by atoms with Crippen molar-refractivity contribution < 1.29 is 0 Å². The molecule has 0 fully saturated rings. The second kappa shape index (κ2) is 2.79. The normalized spacial score (nSPS) is 11.6. The SMILES string of the molecule is Cc1ccccc1[Si](C)(C)N. The lowest BCUT2D eigenvalue weighted by Gasteiger charge is -2.18. The van der Waals surface area contributed by atoms with Gasteiger partial charge in [-0.15, -0.1) is 0 Å². The van der Waals surface area contributed by atoms with Gasteiger partial charge in [-0.05, 0) is 12.1 Å². The van der Waals surface area contributed by atoms with Gasteiger partial charge in [-0.25, -0.2) is 0 Å². The fraction of sp³-hybridized carbons (Fsp3) is 0.333. The molecular weight excluding hydrogens is 150 g/mol. The molecule has 11 heavy (non-hydrogen) atoms. The van der Waals surface area contributed by atoms with E-state index in [0.29, 0.717) is 0 Å². The molecule has 0 saturated carbocycles. The zero-order valence-corrected chi connectivity index (χ0v) is 8.39. The molecule has 0 spiro atoms. The number of rotatable bonds is 1. The molecule has 0 aliphatic rings. The third-order valence-electron chi connectivity index (χ3n) is 1.84. The van der Waals surface area contributed by atoms with Gasteiger partial charge in [0.25, 0.3) is 0 Å². The van der Waals surface area contributed by atoms with E-state index in [-0.39, 0.29) is 0 Å². The van der Waals surface area contributed by atoms with Crippen LogP contribution in [0.1, 0.15) is 5.56 Å². The first-order valence-electron chi connectivity index (χ1n) is 3.87. The smallest absolute Gasteiger partial charge is 0.149 e. The molecule has 1 aromatic rings. The summed E-state index contributed by atoms with van der Waals surface area (Å²) in [5.41, 5.74) is 1.33. The third kappa shape index (κ3) is 1.91. The monoisotopic (exact) mass is 165 g/mol. The molecular formula is C9H15NSi. The number of hydrogen-bond donors (Lipinski definition) is 1. The molecule has 0 radical (unpaired) electrons. The van der Waals surface area contributed by atoms with Crippen molar-refractivity contribution in [3.8, 4) is 0 Å². The van der Waals surface area contributed by atoms with Gasteiger partial charge >= 0.3 is 0 Å². The van der Waals surface area contributed by atoms with Crippen LogP contribution < -0.4 is 10.6 Å². The van der Waals surface area contributed by atoms with Crippen LogP contribution in [0, 0.1) is 6.92 Å². The largest absolute Gasteiger partial charge is 0.347 e. The Balaban J connectivity index is 3.14. The second-order valence-corrected chi connectivity index (χ2v) is 7.52. The van der Waals surface area contributed by atoms with Gasteiger partial charge in [-0.1, -0.05) is 42.9 Å². The van der Waals surface area contributed by atoms with Crippen LogP contribution in [0.5, 0.6) is 0 Å². The number of nitrogens with two attached hydrogens (primary N) is 1. The summed E-state index contributed by atoms with van der Waals surface area (Å²) in [5.74, 6) is 0. The first-order valence-corrected chi connectivity index (χ1v) is 6.94. The average Bonchev–Trinajstić information content (AvgIpc) is 1.86. The lowest BCUT2D eigenvalue weighted by atomic mass is 10.2. The van der Waals surface area contributed by atoms with E-state index >= 15 is 0 Å². The van der Waals surface area contributed by atoms with Crippen LogP contribution in [0.3, 0.4) is 0 Å². The molecule has 0 saturated heterocycles. The molecule has 0 unspecified atom stereocenters. The first-order chi connectivity index (χ1) is 5.02. The highest BCUT2D eigenvalue weighted by atomic mass is 28.3.